The molecular weight excluding hydrogens is 272 g/mol. The molecular formula is C17H19F2NO. The minimum Gasteiger partial charge on any atom is -0.494 e. The summed E-state index contributed by atoms with van der Waals surface area (Å²) in [5, 5.41) is 3.37. The third-order valence-corrected chi connectivity index (χ3v) is 3.55. The lowest BCUT2D eigenvalue weighted by Gasteiger charge is -2.21. The molecule has 0 amide bonds. The van der Waals surface area contributed by atoms with Gasteiger partial charge in [0, 0.05) is 12.1 Å². The van der Waals surface area contributed by atoms with Gasteiger partial charge in [-0.2, -0.15) is 0 Å². The molecule has 0 fully saturated rings. The van der Waals surface area contributed by atoms with Crippen LogP contribution in [0, 0.1) is 11.6 Å². The predicted octanol–water partition coefficient (Wildman–Crippen LogP) is 4.39. The number of methoxy groups -OCH3 is 1. The maximum atomic E-state index is 13.7. The van der Waals surface area contributed by atoms with Crippen LogP contribution in [-0.2, 0) is 0 Å². The van der Waals surface area contributed by atoms with Gasteiger partial charge in [0.25, 0.3) is 0 Å². The molecule has 0 spiro atoms. The molecule has 2 nitrogen and oxygen atoms in total. The number of hydrogen-bond acceptors (Lipinski definition) is 2. The molecule has 0 aliphatic rings. The van der Waals surface area contributed by atoms with Gasteiger partial charge in [0.1, 0.15) is 5.82 Å². The van der Waals surface area contributed by atoms with Gasteiger partial charge in [-0.25, -0.2) is 8.78 Å². The number of halogens is 2. The number of benzene rings is 2. The quantitative estimate of drug-likeness (QED) is 0.882. The first-order chi connectivity index (χ1) is 10.0. The highest BCUT2D eigenvalue weighted by Crippen LogP contribution is 2.24. The summed E-state index contributed by atoms with van der Waals surface area (Å²) in [6.07, 6.45) is 0. The van der Waals surface area contributed by atoms with E-state index < -0.39 is 0 Å². The van der Waals surface area contributed by atoms with Crippen molar-refractivity contribution in [2.75, 3.05) is 7.11 Å². The maximum absolute atomic E-state index is 13.7. The second-order valence-electron chi connectivity index (χ2n) is 5.06. The molecule has 112 valence electrons. The molecule has 0 radical (unpaired) electrons. The molecule has 0 aliphatic heterocycles. The first-order valence-electron chi connectivity index (χ1n) is 6.86. The van der Waals surface area contributed by atoms with Crippen LogP contribution < -0.4 is 10.1 Å². The minimum absolute atomic E-state index is 0.0331. The third kappa shape index (κ3) is 3.79. The van der Waals surface area contributed by atoms with E-state index in [1.807, 2.05) is 19.9 Å². The van der Waals surface area contributed by atoms with Gasteiger partial charge in [-0.3, -0.25) is 0 Å². The normalized spacial score (nSPS) is 13.8. The Morgan fingerprint density at radius 1 is 0.905 bits per heavy atom. The Morgan fingerprint density at radius 2 is 1.48 bits per heavy atom. The van der Waals surface area contributed by atoms with Crippen molar-refractivity contribution < 1.29 is 13.5 Å². The molecule has 2 atom stereocenters. The van der Waals surface area contributed by atoms with Crippen molar-refractivity contribution in [3.63, 3.8) is 0 Å². The van der Waals surface area contributed by atoms with Gasteiger partial charge >= 0.3 is 0 Å². The van der Waals surface area contributed by atoms with Crippen LogP contribution in [0.1, 0.15) is 37.1 Å². The van der Waals surface area contributed by atoms with Crippen molar-refractivity contribution in [1.82, 2.24) is 5.32 Å². The monoisotopic (exact) mass is 291 g/mol. The minimum atomic E-state index is -0.377. The van der Waals surface area contributed by atoms with E-state index in [1.165, 1.54) is 25.3 Å². The lowest BCUT2D eigenvalue weighted by Crippen LogP contribution is -2.22. The summed E-state index contributed by atoms with van der Waals surface area (Å²) >= 11 is 0. The molecule has 0 aliphatic carbocycles. The second kappa shape index (κ2) is 6.68. The average Bonchev–Trinajstić information content (AvgIpc) is 2.47. The van der Waals surface area contributed by atoms with Crippen molar-refractivity contribution in [3.05, 3.63) is 65.2 Å². The summed E-state index contributed by atoms with van der Waals surface area (Å²) in [5.41, 5.74) is 1.82. The Bertz CT molecular complexity index is 598. The maximum Gasteiger partial charge on any atom is 0.165 e. The van der Waals surface area contributed by atoms with Crippen LogP contribution in [0.25, 0.3) is 0 Å². The lowest BCUT2D eigenvalue weighted by molar-refractivity contribution is 0.385. The van der Waals surface area contributed by atoms with E-state index in [-0.39, 0.29) is 29.5 Å². The average molecular weight is 291 g/mol. The van der Waals surface area contributed by atoms with E-state index in [2.05, 4.69) is 5.32 Å². The van der Waals surface area contributed by atoms with Crippen molar-refractivity contribution in [2.45, 2.75) is 25.9 Å². The number of nitrogens with one attached hydrogen (secondary N) is 1. The summed E-state index contributed by atoms with van der Waals surface area (Å²) < 4.78 is 31.6. The molecule has 2 aromatic carbocycles. The molecule has 2 aromatic rings. The Balaban J connectivity index is 2.08. The highest BCUT2D eigenvalue weighted by Gasteiger charge is 2.13. The van der Waals surface area contributed by atoms with E-state index in [1.54, 1.807) is 18.2 Å². The zero-order valence-corrected chi connectivity index (χ0v) is 12.4. The number of ether oxygens (including phenoxy) is 1. The summed E-state index contributed by atoms with van der Waals surface area (Å²) in [5.74, 6) is -0.396. The van der Waals surface area contributed by atoms with Crippen LogP contribution in [0.4, 0.5) is 8.78 Å². The topological polar surface area (TPSA) is 21.3 Å². The molecule has 2 rings (SSSR count). The fourth-order valence-corrected chi connectivity index (χ4v) is 2.27. The van der Waals surface area contributed by atoms with E-state index in [0.717, 1.165) is 11.1 Å². The van der Waals surface area contributed by atoms with E-state index in [9.17, 15) is 8.78 Å². The smallest absolute Gasteiger partial charge is 0.165 e. The fourth-order valence-electron chi connectivity index (χ4n) is 2.27. The zero-order valence-electron chi connectivity index (χ0n) is 12.4. The first-order valence-corrected chi connectivity index (χ1v) is 6.86. The van der Waals surface area contributed by atoms with Crippen LogP contribution in [-0.4, -0.2) is 7.11 Å². The Hall–Kier alpha value is -1.94. The Morgan fingerprint density at radius 3 is 2.05 bits per heavy atom. The molecule has 0 bridgehead atoms. The summed E-state index contributed by atoms with van der Waals surface area (Å²) in [7, 11) is 1.44. The fraction of sp³-hybridized carbons (Fsp3) is 0.294. The molecule has 0 aromatic heterocycles. The Kier molecular flexibility index (Phi) is 4.91. The number of hydrogen-bond donors (Lipinski definition) is 1. The standard InChI is InChI=1S/C17H19F2NO/c1-11(13-4-7-15(18)8-5-13)20-12(2)14-6-9-17(21-3)16(19)10-14/h4-12,20H,1-3H3/t11-,12?/m0/s1. The Labute approximate surface area is 123 Å². The van der Waals surface area contributed by atoms with Gasteiger partial charge in [-0.15, -0.1) is 0 Å². The molecule has 4 heteroatoms. The highest BCUT2D eigenvalue weighted by atomic mass is 19.1. The summed E-state index contributed by atoms with van der Waals surface area (Å²) in [6, 6.07) is 11.3. The van der Waals surface area contributed by atoms with Crippen LogP contribution in [0.2, 0.25) is 0 Å². The zero-order chi connectivity index (χ0) is 15.4. The predicted molar refractivity (Wildman–Crippen MR) is 79.3 cm³/mol. The molecule has 1 N–H and O–H groups in total. The van der Waals surface area contributed by atoms with Gasteiger partial charge in [0.2, 0.25) is 0 Å². The van der Waals surface area contributed by atoms with E-state index >= 15 is 0 Å². The van der Waals surface area contributed by atoms with Crippen molar-refractivity contribution in [2.24, 2.45) is 0 Å². The van der Waals surface area contributed by atoms with E-state index in [4.69, 9.17) is 4.74 Å². The third-order valence-electron chi connectivity index (χ3n) is 3.55. The SMILES string of the molecule is COc1ccc(C(C)N[C@@H](C)c2ccc(F)cc2)cc1F. The van der Waals surface area contributed by atoms with Gasteiger partial charge in [-0.1, -0.05) is 18.2 Å². The second-order valence-corrected chi connectivity index (χ2v) is 5.06. The van der Waals surface area contributed by atoms with Crippen LogP contribution in [0.3, 0.4) is 0 Å². The van der Waals surface area contributed by atoms with E-state index in [0.29, 0.717) is 0 Å². The molecule has 0 saturated carbocycles. The molecule has 0 heterocycles. The molecule has 1 unspecified atom stereocenters. The summed E-state index contributed by atoms with van der Waals surface area (Å²) in [6.45, 7) is 3.95. The molecule has 0 saturated heterocycles. The summed E-state index contributed by atoms with van der Waals surface area (Å²) in [4.78, 5) is 0. The molecule has 21 heavy (non-hydrogen) atoms. The highest BCUT2D eigenvalue weighted by molar-refractivity contribution is 5.31. The van der Waals surface area contributed by atoms with Crippen LogP contribution in [0.5, 0.6) is 5.75 Å². The largest absolute Gasteiger partial charge is 0.494 e. The van der Waals surface area contributed by atoms with Crippen LogP contribution >= 0.6 is 0 Å². The van der Waals surface area contributed by atoms with Gasteiger partial charge in [0.05, 0.1) is 7.11 Å². The number of rotatable bonds is 5. The van der Waals surface area contributed by atoms with Crippen molar-refractivity contribution in [1.29, 1.82) is 0 Å². The van der Waals surface area contributed by atoms with Crippen molar-refractivity contribution in [3.8, 4) is 5.75 Å². The van der Waals surface area contributed by atoms with Crippen LogP contribution in [0.15, 0.2) is 42.5 Å². The van der Waals surface area contributed by atoms with Gasteiger partial charge in [-0.05, 0) is 49.2 Å². The lowest BCUT2D eigenvalue weighted by atomic mass is 10.0. The first kappa shape index (κ1) is 15.4. The van der Waals surface area contributed by atoms with Gasteiger partial charge < -0.3 is 10.1 Å². The van der Waals surface area contributed by atoms with Crippen molar-refractivity contribution >= 4 is 0 Å². The van der Waals surface area contributed by atoms with Gasteiger partial charge in [0.15, 0.2) is 11.6 Å².